The van der Waals surface area contributed by atoms with Crippen LogP contribution in [0.15, 0.2) is 78.9 Å². The monoisotopic (exact) mass is 455 g/mol. The normalized spacial score (nSPS) is 14.8. The fourth-order valence-electron chi connectivity index (χ4n) is 4.45. The maximum Gasteiger partial charge on any atom is 0.272 e. The summed E-state index contributed by atoms with van der Waals surface area (Å²) in [6, 6.07) is 24.3. The Morgan fingerprint density at radius 2 is 1.44 bits per heavy atom. The molecule has 7 heteroatoms. The lowest BCUT2D eigenvalue weighted by molar-refractivity contribution is 0.0935. The van der Waals surface area contributed by atoms with Gasteiger partial charge in [0.1, 0.15) is 5.82 Å². The van der Waals surface area contributed by atoms with Crippen molar-refractivity contribution in [1.29, 1.82) is 0 Å². The van der Waals surface area contributed by atoms with Gasteiger partial charge in [-0.25, -0.2) is 4.39 Å². The Morgan fingerprint density at radius 1 is 0.824 bits per heavy atom. The van der Waals surface area contributed by atoms with Gasteiger partial charge in [-0.05, 0) is 24.6 Å². The van der Waals surface area contributed by atoms with Gasteiger partial charge in [0.25, 0.3) is 5.91 Å². The number of para-hydroxylation sites is 1. The van der Waals surface area contributed by atoms with Crippen LogP contribution in [0.2, 0.25) is 0 Å². The first-order valence-corrected chi connectivity index (χ1v) is 11.5. The van der Waals surface area contributed by atoms with E-state index >= 15 is 0 Å². The van der Waals surface area contributed by atoms with Crippen LogP contribution in [0.25, 0.3) is 10.8 Å². The van der Waals surface area contributed by atoms with E-state index in [1.54, 1.807) is 6.07 Å². The number of carbonyl (C=O) groups is 1. The zero-order valence-electron chi connectivity index (χ0n) is 19.0. The highest BCUT2D eigenvalue weighted by atomic mass is 19.1. The van der Waals surface area contributed by atoms with Crippen LogP contribution in [0.5, 0.6) is 0 Å². The average molecular weight is 456 g/mol. The minimum absolute atomic E-state index is 0.152. The first kappa shape index (κ1) is 21.8. The summed E-state index contributed by atoms with van der Waals surface area (Å²) < 4.78 is 14.2. The number of amides is 1. The Bertz CT molecular complexity index is 1300. The van der Waals surface area contributed by atoms with Crippen molar-refractivity contribution in [3.05, 3.63) is 95.9 Å². The predicted molar refractivity (Wildman–Crippen MR) is 133 cm³/mol. The zero-order chi connectivity index (χ0) is 23.5. The standard InChI is InChI=1S/C27H26FN5O/c1-19(20-9-3-2-4-10-20)29-27(34)25-21-11-5-6-12-22(21)26(31-30-25)33-17-15-32(16-18-33)24-14-8-7-13-23(24)28/h2-14,19H,15-18H2,1H3,(H,29,34)/t19-/m0/s1. The van der Waals surface area contributed by atoms with Crippen LogP contribution in [0, 0.1) is 5.82 Å². The van der Waals surface area contributed by atoms with Gasteiger partial charge in [-0.2, -0.15) is 0 Å². The molecule has 1 aliphatic rings. The molecule has 5 rings (SSSR count). The molecule has 1 saturated heterocycles. The number of aromatic nitrogens is 2. The minimum Gasteiger partial charge on any atom is -0.366 e. The highest BCUT2D eigenvalue weighted by molar-refractivity contribution is 6.07. The van der Waals surface area contributed by atoms with Crippen molar-refractivity contribution in [3.63, 3.8) is 0 Å². The van der Waals surface area contributed by atoms with E-state index in [4.69, 9.17) is 0 Å². The lowest BCUT2D eigenvalue weighted by Crippen LogP contribution is -2.47. The number of fused-ring (bicyclic) bond motifs is 1. The van der Waals surface area contributed by atoms with Gasteiger partial charge in [0, 0.05) is 37.0 Å². The summed E-state index contributed by atoms with van der Waals surface area (Å²) in [7, 11) is 0. The molecule has 172 valence electrons. The number of piperazine rings is 1. The molecule has 2 heterocycles. The lowest BCUT2D eigenvalue weighted by atomic mass is 10.1. The molecule has 1 N–H and O–H groups in total. The van der Waals surface area contributed by atoms with E-state index in [0.29, 0.717) is 37.6 Å². The van der Waals surface area contributed by atoms with Crippen LogP contribution < -0.4 is 15.1 Å². The number of hydrogen-bond donors (Lipinski definition) is 1. The third-order valence-electron chi connectivity index (χ3n) is 6.30. The van der Waals surface area contributed by atoms with Gasteiger partial charge >= 0.3 is 0 Å². The number of anilines is 2. The van der Waals surface area contributed by atoms with E-state index in [0.717, 1.165) is 22.2 Å². The van der Waals surface area contributed by atoms with Crippen LogP contribution in [0.4, 0.5) is 15.9 Å². The van der Waals surface area contributed by atoms with Gasteiger partial charge in [-0.15, -0.1) is 10.2 Å². The van der Waals surface area contributed by atoms with Crippen molar-refractivity contribution in [2.75, 3.05) is 36.0 Å². The van der Waals surface area contributed by atoms with Crippen molar-refractivity contribution in [1.82, 2.24) is 15.5 Å². The third kappa shape index (κ3) is 4.29. The number of hydrogen-bond acceptors (Lipinski definition) is 5. The summed E-state index contributed by atoms with van der Waals surface area (Å²) >= 11 is 0. The van der Waals surface area contributed by atoms with E-state index in [1.165, 1.54) is 6.07 Å². The fourth-order valence-corrected chi connectivity index (χ4v) is 4.45. The molecule has 1 fully saturated rings. The van der Waals surface area contributed by atoms with Crippen molar-refractivity contribution in [2.24, 2.45) is 0 Å². The molecule has 4 aromatic rings. The van der Waals surface area contributed by atoms with E-state index < -0.39 is 0 Å². The van der Waals surface area contributed by atoms with Crippen LogP contribution in [-0.4, -0.2) is 42.3 Å². The molecule has 1 amide bonds. The SMILES string of the molecule is C[C@H](NC(=O)c1nnc(N2CCN(c3ccccc3F)CC2)c2ccccc12)c1ccccc1. The molecule has 0 unspecified atom stereocenters. The molecular weight excluding hydrogens is 429 g/mol. The minimum atomic E-state index is -0.254. The van der Waals surface area contributed by atoms with Crippen molar-refractivity contribution >= 4 is 28.2 Å². The number of nitrogens with one attached hydrogen (secondary N) is 1. The highest BCUT2D eigenvalue weighted by Crippen LogP contribution is 2.28. The molecule has 1 atom stereocenters. The van der Waals surface area contributed by atoms with Crippen molar-refractivity contribution in [2.45, 2.75) is 13.0 Å². The molecule has 0 bridgehead atoms. The molecule has 1 aromatic heterocycles. The Balaban J connectivity index is 1.37. The first-order chi connectivity index (χ1) is 16.6. The van der Waals surface area contributed by atoms with Gasteiger partial charge in [-0.1, -0.05) is 66.7 Å². The number of carbonyl (C=O) groups excluding carboxylic acids is 1. The summed E-state index contributed by atoms with van der Waals surface area (Å²) in [6.45, 7) is 4.67. The molecule has 0 spiro atoms. The Hall–Kier alpha value is -4.00. The number of rotatable bonds is 5. The van der Waals surface area contributed by atoms with E-state index in [1.807, 2.05) is 78.6 Å². The van der Waals surface area contributed by atoms with Crippen LogP contribution >= 0.6 is 0 Å². The van der Waals surface area contributed by atoms with Gasteiger partial charge < -0.3 is 15.1 Å². The topological polar surface area (TPSA) is 61.4 Å². The maximum absolute atomic E-state index is 14.2. The molecule has 6 nitrogen and oxygen atoms in total. The highest BCUT2D eigenvalue weighted by Gasteiger charge is 2.24. The molecule has 3 aromatic carbocycles. The predicted octanol–water partition coefficient (Wildman–Crippen LogP) is 4.59. The first-order valence-electron chi connectivity index (χ1n) is 11.5. The second-order valence-electron chi connectivity index (χ2n) is 8.45. The van der Waals surface area contributed by atoms with Gasteiger partial charge in [0.05, 0.1) is 11.7 Å². The Labute approximate surface area is 198 Å². The lowest BCUT2D eigenvalue weighted by Gasteiger charge is -2.37. The Kier molecular flexibility index (Phi) is 6.08. The van der Waals surface area contributed by atoms with Crippen LogP contribution in [0.3, 0.4) is 0 Å². The maximum atomic E-state index is 14.2. The molecule has 0 saturated carbocycles. The summed E-state index contributed by atoms with van der Waals surface area (Å²) in [4.78, 5) is 17.3. The van der Waals surface area contributed by atoms with E-state index in [2.05, 4.69) is 20.4 Å². The number of nitrogens with zero attached hydrogens (tertiary/aromatic N) is 4. The van der Waals surface area contributed by atoms with E-state index in [9.17, 15) is 9.18 Å². The summed E-state index contributed by atoms with van der Waals surface area (Å²) in [5.41, 5.74) is 1.96. The zero-order valence-corrected chi connectivity index (χ0v) is 19.0. The fraction of sp³-hybridized carbons (Fsp3) is 0.222. The number of halogens is 1. The molecular formula is C27H26FN5O. The Morgan fingerprint density at radius 3 is 2.18 bits per heavy atom. The second-order valence-corrected chi connectivity index (χ2v) is 8.45. The second kappa shape index (κ2) is 9.47. The summed E-state index contributed by atoms with van der Waals surface area (Å²) in [5, 5.41) is 13.5. The van der Waals surface area contributed by atoms with Crippen LogP contribution in [-0.2, 0) is 0 Å². The smallest absolute Gasteiger partial charge is 0.272 e. The molecule has 1 aliphatic heterocycles. The van der Waals surface area contributed by atoms with Crippen molar-refractivity contribution < 1.29 is 9.18 Å². The van der Waals surface area contributed by atoms with Crippen molar-refractivity contribution in [3.8, 4) is 0 Å². The molecule has 0 aliphatic carbocycles. The third-order valence-corrected chi connectivity index (χ3v) is 6.30. The largest absolute Gasteiger partial charge is 0.366 e. The molecule has 34 heavy (non-hydrogen) atoms. The van der Waals surface area contributed by atoms with E-state index in [-0.39, 0.29) is 17.8 Å². The summed E-state index contributed by atoms with van der Waals surface area (Å²) in [6.07, 6.45) is 0. The quantitative estimate of drug-likeness (QED) is 0.477. The average Bonchev–Trinajstić information content (AvgIpc) is 2.89. The summed E-state index contributed by atoms with van der Waals surface area (Å²) in [5.74, 6) is 0.286. The van der Waals surface area contributed by atoms with Gasteiger partial charge in [0.15, 0.2) is 11.5 Å². The van der Waals surface area contributed by atoms with Gasteiger partial charge in [-0.3, -0.25) is 4.79 Å². The van der Waals surface area contributed by atoms with Crippen LogP contribution in [0.1, 0.15) is 29.0 Å². The number of benzene rings is 3. The van der Waals surface area contributed by atoms with Gasteiger partial charge in [0.2, 0.25) is 0 Å². The molecule has 0 radical (unpaired) electrons.